The van der Waals surface area contributed by atoms with E-state index in [-0.39, 0.29) is 6.10 Å². The van der Waals surface area contributed by atoms with Crippen molar-refractivity contribution in [2.45, 2.75) is 72.3 Å². The lowest BCUT2D eigenvalue weighted by atomic mass is 9.76. The van der Waals surface area contributed by atoms with Gasteiger partial charge in [0.05, 0.1) is 5.56 Å². The molecule has 4 heteroatoms. The Labute approximate surface area is 128 Å². The molecular weight excluding hydrogens is 262 g/mol. The smallest absolute Gasteiger partial charge is 0.222 e. The summed E-state index contributed by atoms with van der Waals surface area (Å²) >= 11 is 0. The van der Waals surface area contributed by atoms with E-state index in [2.05, 4.69) is 43.0 Å². The molecule has 118 valence electrons. The van der Waals surface area contributed by atoms with Crippen LogP contribution in [0, 0.1) is 12.3 Å². The second-order valence-corrected chi connectivity index (χ2v) is 7.25. The fourth-order valence-electron chi connectivity index (χ4n) is 2.78. The van der Waals surface area contributed by atoms with E-state index >= 15 is 0 Å². The Hall–Kier alpha value is -1.32. The highest BCUT2D eigenvalue weighted by molar-refractivity contribution is 5.48. The fourth-order valence-corrected chi connectivity index (χ4v) is 2.78. The molecule has 0 radical (unpaired) electrons. The van der Waals surface area contributed by atoms with E-state index in [4.69, 9.17) is 4.74 Å². The summed E-state index contributed by atoms with van der Waals surface area (Å²) in [6.07, 6.45) is 4.96. The number of rotatable bonds is 4. The first-order valence-corrected chi connectivity index (χ1v) is 8.05. The third kappa shape index (κ3) is 3.86. The van der Waals surface area contributed by atoms with Crippen LogP contribution in [0.2, 0.25) is 0 Å². The lowest BCUT2D eigenvalue weighted by Crippen LogP contribution is -2.29. The first-order chi connectivity index (χ1) is 9.82. The molecule has 0 saturated heterocycles. The van der Waals surface area contributed by atoms with Crippen molar-refractivity contribution in [1.82, 2.24) is 9.97 Å². The molecule has 2 rings (SSSR count). The highest BCUT2D eigenvalue weighted by atomic mass is 16.5. The van der Waals surface area contributed by atoms with Crippen LogP contribution in [0.3, 0.4) is 0 Å². The first kappa shape index (κ1) is 16.1. The summed E-state index contributed by atoms with van der Waals surface area (Å²) in [5.74, 6) is 2.77. The molecule has 21 heavy (non-hydrogen) atoms. The third-order valence-corrected chi connectivity index (χ3v) is 4.44. The number of hydrogen-bond donors (Lipinski definition) is 1. The minimum Gasteiger partial charge on any atom is -0.474 e. The monoisotopic (exact) mass is 291 g/mol. The molecule has 0 spiro atoms. The Kier molecular flexibility index (Phi) is 4.74. The van der Waals surface area contributed by atoms with Crippen molar-refractivity contribution < 1.29 is 4.74 Å². The maximum Gasteiger partial charge on any atom is 0.222 e. The van der Waals surface area contributed by atoms with E-state index in [1.54, 1.807) is 0 Å². The van der Waals surface area contributed by atoms with Crippen LogP contribution < -0.4 is 10.1 Å². The van der Waals surface area contributed by atoms with Gasteiger partial charge in [0.15, 0.2) is 0 Å². The number of nitrogens with zero attached hydrogens (tertiary/aromatic N) is 2. The number of ether oxygens (including phenoxy) is 1. The highest BCUT2D eigenvalue weighted by Crippen LogP contribution is 2.37. The Morgan fingerprint density at radius 2 is 1.81 bits per heavy atom. The van der Waals surface area contributed by atoms with Gasteiger partial charge in [0.1, 0.15) is 17.7 Å². The molecule has 0 aromatic carbocycles. The Bertz CT molecular complexity index is 487. The summed E-state index contributed by atoms with van der Waals surface area (Å²) in [6, 6.07) is 0. The van der Waals surface area contributed by atoms with Gasteiger partial charge in [0.2, 0.25) is 5.88 Å². The average Bonchev–Trinajstić information content (AvgIpc) is 2.43. The molecule has 0 amide bonds. The van der Waals surface area contributed by atoms with E-state index in [1.807, 2.05) is 14.0 Å². The van der Waals surface area contributed by atoms with Gasteiger partial charge in [-0.3, -0.25) is 0 Å². The zero-order valence-corrected chi connectivity index (χ0v) is 14.3. The maximum atomic E-state index is 6.22. The van der Waals surface area contributed by atoms with Gasteiger partial charge in [-0.2, -0.15) is 4.98 Å². The number of aromatic nitrogens is 2. The van der Waals surface area contributed by atoms with E-state index in [9.17, 15) is 0 Å². The van der Waals surface area contributed by atoms with Gasteiger partial charge in [-0.05, 0) is 38.0 Å². The summed E-state index contributed by atoms with van der Waals surface area (Å²) in [4.78, 5) is 9.20. The van der Waals surface area contributed by atoms with Crippen LogP contribution in [0.1, 0.15) is 70.7 Å². The predicted octanol–water partition coefficient (Wildman–Crippen LogP) is 4.30. The predicted molar refractivity (Wildman–Crippen MR) is 87.1 cm³/mol. The summed E-state index contributed by atoms with van der Waals surface area (Å²) in [5, 5.41) is 3.15. The zero-order valence-electron chi connectivity index (χ0n) is 14.3. The van der Waals surface area contributed by atoms with E-state index in [0.29, 0.717) is 11.3 Å². The largest absolute Gasteiger partial charge is 0.474 e. The number of nitrogens with one attached hydrogen (secondary N) is 1. The molecule has 1 aromatic heterocycles. The van der Waals surface area contributed by atoms with Crippen LogP contribution in [0.15, 0.2) is 0 Å². The van der Waals surface area contributed by atoms with Crippen molar-refractivity contribution in [3.63, 3.8) is 0 Å². The quantitative estimate of drug-likeness (QED) is 0.898. The van der Waals surface area contributed by atoms with Gasteiger partial charge >= 0.3 is 0 Å². The van der Waals surface area contributed by atoms with Gasteiger partial charge in [-0.1, -0.05) is 27.7 Å². The maximum absolute atomic E-state index is 6.22. The van der Waals surface area contributed by atoms with Gasteiger partial charge in [-0.15, -0.1) is 0 Å². The molecule has 0 atom stereocenters. The lowest BCUT2D eigenvalue weighted by Gasteiger charge is -2.34. The van der Waals surface area contributed by atoms with E-state index in [1.165, 1.54) is 12.8 Å². The molecule has 1 heterocycles. The summed E-state index contributed by atoms with van der Waals surface area (Å²) in [5.41, 5.74) is 1.46. The molecule has 4 nitrogen and oxygen atoms in total. The number of anilines is 1. The van der Waals surface area contributed by atoms with E-state index in [0.717, 1.165) is 35.9 Å². The van der Waals surface area contributed by atoms with Crippen LogP contribution in [0.25, 0.3) is 0 Å². The molecule has 1 saturated carbocycles. The second kappa shape index (κ2) is 6.20. The third-order valence-electron chi connectivity index (χ3n) is 4.44. The minimum atomic E-state index is 0.288. The SMILES string of the molecule is CNc1nc(C(C)C)nc(OC2CCC(C)(C)CC2)c1C. The molecule has 1 fully saturated rings. The average molecular weight is 291 g/mol. The molecular formula is C17H29N3O. The van der Waals surface area contributed by atoms with E-state index < -0.39 is 0 Å². The van der Waals surface area contributed by atoms with Crippen LogP contribution >= 0.6 is 0 Å². The van der Waals surface area contributed by atoms with Gasteiger partial charge in [0, 0.05) is 13.0 Å². The summed E-state index contributed by atoms with van der Waals surface area (Å²) in [6.45, 7) is 10.9. The standard InChI is InChI=1S/C17H29N3O/c1-11(2)14-19-15(18-6)12(3)16(20-14)21-13-7-9-17(4,5)10-8-13/h11,13H,7-10H2,1-6H3,(H,18,19,20). The van der Waals surface area contributed by atoms with Crippen LogP contribution in [-0.2, 0) is 0 Å². The van der Waals surface area contributed by atoms with Gasteiger partial charge in [0.25, 0.3) is 0 Å². The Morgan fingerprint density at radius 3 is 2.33 bits per heavy atom. The minimum absolute atomic E-state index is 0.288. The summed E-state index contributed by atoms with van der Waals surface area (Å²) in [7, 11) is 1.90. The fraction of sp³-hybridized carbons (Fsp3) is 0.765. The molecule has 1 aliphatic carbocycles. The van der Waals surface area contributed by atoms with Gasteiger partial charge in [-0.25, -0.2) is 4.98 Å². The van der Waals surface area contributed by atoms with Crippen molar-refractivity contribution in [2.24, 2.45) is 5.41 Å². The van der Waals surface area contributed by atoms with Crippen molar-refractivity contribution in [3.8, 4) is 5.88 Å². The molecule has 0 aliphatic heterocycles. The molecule has 0 unspecified atom stereocenters. The lowest BCUT2D eigenvalue weighted by molar-refractivity contribution is 0.0939. The van der Waals surface area contributed by atoms with Crippen molar-refractivity contribution in [3.05, 3.63) is 11.4 Å². The molecule has 1 aliphatic rings. The topological polar surface area (TPSA) is 47.0 Å². The van der Waals surface area contributed by atoms with Gasteiger partial charge < -0.3 is 10.1 Å². The normalized spacial score (nSPS) is 18.8. The van der Waals surface area contributed by atoms with Crippen LogP contribution in [0.4, 0.5) is 5.82 Å². The van der Waals surface area contributed by atoms with Crippen LogP contribution in [-0.4, -0.2) is 23.1 Å². The molecule has 0 bridgehead atoms. The second-order valence-electron chi connectivity index (χ2n) is 7.25. The Morgan fingerprint density at radius 1 is 1.19 bits per heavy atom. The summed E-state index contributed by atoms with van der Waals surface area (Å²) < 4.78 is 6.22. The van der Waals surface area contributed by atoms with Crippen molar-refractivity contribution >= 4 is 5.82 Å². The van der Waals surface area contributed by atoms with Crippen LogP contribution in [0.5, 0.6) is 5.88 Å². The highest BCUT2D eigenvalue weighted by Gasteiger charge is 2.28. The molecule has 1 N–H and O–H groups in total. The first-order valence-electron chi connectivity index (χ1n) is 8.05. The van der Waals surface area contributed by atoms with Crippen molar-refractivity contribution in [1.29, 1.82) is 0 Å². The zero-order chi connectivity index (χ0) is 15.6. The number of hydrogen-bond acceptors (Lipinski definition) is 4. The molecule has 1 aromatic rings. The van der Waals surface area contributed by atoms with Crippen molar-refractivity contribution in [2.75, 3.05) is 12.4 Å². The Balaban J connectivity index is 2.17.